The molecular weight excluding hydrogens is 264 g/mol. The van der Waals surface area contributed by atoms with Crippen LogP contribution in [0.4, 0.5) is 0 Å². The Labute approximate surface area is 119 Å². The number of benzene rings is 1. The van der Waals surface area contributed by atoms with Gasteiger partial charge >= 0.3 is 5.97 Å². The second kappa shape index (κ2) is 5.83. The van der Waals surface area contributed by atoms with E-state index in [-0.39, 0.29) is 12.3 Å². The molecule has 0 saturated carbocycles. The third kappa shape index (κ3) is 3.63. The summed E-state index contributed by atoms with van der Waals surface area (Å²) >= 11 is 6.25. The molecule has 1 aromatic carbocycles. The third-order valence-electron chi connectivity index (χ3n) is 3.27. The molecule has 0 fully saturated rings. The van der Waals surface area contributed by atoms with Crippen molar-refractivity contribution < 1.29 is 14.6 Å². The lowest BCUT2D eigenvalue weighted by atomic mass is 9.80. The summed E-state index contributed by atoms with van der Waals surface area (Å²) in [7, 11) is 1.59. The van der Waals surface area contributed by atoms with E-state index in [1.54, 1.807) is 13.2 Å². The number of ether oxygens (including phenoxy) is 1. The molecule has 19 heavy (non-hydrogen) atoms. The van der Waals surface area contributed by atoms with E-state index in [0.717, 1.165) is 11.1 Å². The molecule has 106 valence electrons. The normalized spacial score (nSPS) is 11.7. The van der Waals surface area contributed by atoms with Gasteiger partial charge in [-0.1, -0.05) is 45.4 Å². The third-order valence-corrected chi connectivity index (χ3v) is 3.55. The highest BCUT2D eigenvalue weighted by molar-refractivity contribution is 6.32. The molecule has 1 aromatic rings. The average molecular weight is 285 g/mol. The van der Waals surface area contributed by atoms with E-state index in [9.17, 15) is 4.79 Å². The molecule has 0 spiro atoms. The molecule has 3 nitrogen and oxygen atoms in total. The smallest absolute Gasteiger partial charge is 0.304 e. The summed E-state index contributed by atoms with van der Waals surface area (Å²) in [5.41, 5.74) is 1.46. The topological polar surface area (TPSA) is 46.5 Å². The van der Waals surface area contributed by atoms with Crippen LogP contribution in [0, 0.1) is 0 Å². The Morgan fingerprint density at radius 1 is 1.42 bits per heavy atom. The maximum atomic E-state index is 11.0. The van der Waals surface area contributed by atoms with Crippen molar-refractivity contribution in [3.05, 3.63) is 28.3 Å². The minimum Gasteiger partial charge on any atom is -0.495 e. The predicted octanol–water partition coefficient (Wildman–Crippen LogP) is 4.22. The quantitative estimate of drug-likeness (QED) is 0.880. The lowest BCUT2D eigenvalue weighted by Crippen LogP contribution is -2.22. The molecular formula is C15H21ClO3. The summed E-state index contributed by atoms with van der Waals surface area (Å²) in [5.74, 6) is 0.114. The van der Waals surface area contributed by atoms with Gasteiger partial charge < -0.3 is 9.84 Å². The fraction of sp³-hybridized carbons (Fsp3) is 0.533. The van der Waals surface area contributed by atoms with Crippen molar-refractivity contribution in [2.75, 3.05) is 7.11 Å². The van der Waals surface area contributed by atoms with Crippen molar-refractivity contribution in [2.45, 2.75) is 45.4 Å². The lowest BCUT2D eigenvalue weighted by molar-refractivity contribution is -0.138. The first-order valence-corrected chi connectivity index (χ1v) is 6.66. The summed E-state index contributed by atoms with van der Waals surface area (Å²) in [4.78, 5) is 11.0. The maximum absolute atomic E-state index is 11.0. The molecule has 0 radical (unpaired) electrons. The molecule has 0 aliphatic heterocycles. The van der Waals surface area contributed by atoms with Crippen molar-refractivity contribution in [3.8, 4) is 5.75 Å². The van der Waals surface area contributed by atoms with Gasteiger partial charge in [0, 0.05) is 5.41 Å². The Balaban J connectivity index is 3.35. The highest BCUT2D eigenvalue weighted by Gasteiger charge is 2.26. The highest BCUT2D eigenvalue weighted by Crippen LogP contribution is 2.39. The minimum atomic E-state index is -0.817. The number of methoxy groups -OCH3 is 1. The van der Waals surface area contributed by atoms with Crippen LogP contribution in [-0.4, -0.2) is 18.2 Å². The minimum absolute atomic E-state index is 0.0627. The van der Waals surface area contributed by atoms with E-state index in [1.165, 1.54) is 0 Å². The van der Waals surface area contributed by atoms with E-state index >= 15 is 0 Å². The fourth-order valence-corrected chi connectivity index (χ4v) is 2.43. The molecule has 0 aliphatic carbocycles. The number of aliphatic carboxylic acids is 1. The zero-order valence-electron chi connectivity index (χ0n) is 12.1. The summed E-state index contributed by atoms with van der Waals surface area (Å²) in [6, 6.07) is 3.80. The fourth-order valence-electron chi connectivity index (χ4n) is 2.13. The SMILES string of the molecule is COc1c(Cl)cc(C(C)(C)CC(=O)O)cc1C(C)C. The van der Waals surface area contributed by atoms with Gasteiger partial charge in [0.05, 0.1) is 18.6 Å². The van der Waals surface area contributed by atoms with Gasteiger partial charge in [-0.25, -0.2) is 0 Å². The summed E-state index contributed by atoms with van der Waals surface area (Å²) in [6.45, 7) is 7.93. The van der Waals surface area contributed by atoms with Gasteiger partial charge in [0.2, 0.25) is 0 Å². The molecule has 1 N–H and O–H groups in total. The van der Waals surface area contributed by atoms with Crippen molar-refractivity contribution >= 4 is 17.6 Å². The number of hydrogen-bond acceptors (Lipinski definition) is 2. The van der Waals surface area contributed by atoms with E-state index in [4.69, 9.17) is 21.4 Å². The summed E-state index contributed by atoms with van der Waals surface area (Å²) in [6.07, 6.45) is 0.0627. The number of hydrogen-bond donors (Lipinski definition) is 1. The van der Waals surface area contributed by atoms with Crippen LogP contribution < -0.4 is 4.74 Å². The van der Waals surface area contributed by atoms with Gasteiger partial charge in [-0.3, -0.25) is 4.79 Å². The molecule has 0 unspecified atom stereocenters. The van der Waals surface area contributed by atoms with E-state index in [0.29, 0.717) is 10.8 Å². The van der Waals surface area contributed by atoms with Crippen LogP contribution in [0.1, 0.15) is 51.2 Å². The Bertz CT molecular complexity index is 479. The van der Waals surface area contributed by atoms with Crippen LogP contribution in [0.25, 0.3) is 0 Å². The van der Waals surface area contributed by atoms with Crippen molar-refractivity contribution in [2.24, 2.45) is 0 Å². The zero-order valence-corrected chi connectivity index (χ0v) is 12.8. The number of carboxylic acid groups (broad SMARTS) is 1. The molecule has 0 amide bonds. The second-order valence-electron chi connectivity index (χ2n) is 5.69. The number of halogens is 1. The molecule has 0 heterocycles. The largest absolute Gasteiger partial charge is 0.495 e. The molecule has 0 atom stereocenters. The van der Waals surface area contributed by atoms with E-state index in [1.807, 2.05) is 19.9 Å². The summed E-state index contributed by atoms with van der Waals surface area (Å²) in [5, 5.41) is 9.53. The monoisotopic (exact) mass is 284 g/mol. The molecule has 1 rings (SSSR count). The van der Waals surface area contributed by atoms with Crippen molar-refractivity contribution in [1.29, 1.82) is 0 Å². The Morgan fingerprint density at radius 2 is 2.00 bits per heavy atom. The molecule has 0 aliphatic rings. The van der Waals surface area contributed by atoms with Gasteiger partial charge in [-0.2, -0.15) is 0 Å². The Kier molecular flexibility index (Phi) is 4.86. The zero-order chi connectivity index (χ0) is 14.8. The van der Waals surface area contributed by atoms with Gasteiger partial charge in [-0.15, -0.1) is 0 Å². The summed E-state index contributed by atoms with van der Waals surface area (Å²) < 4.78 is 5.34. The molecule has 0 aromatic heterocycles. The van der Waals surface area contributed by atoms with Crippen molar-refractivity contribution in [3.63, 3.8) is 0 Å². The number of carbonyl (C=O) groups is 1. The molecule has 4 heteroatoms. The first kappa shape index (κ1) is 15.8. The Morgan fingerprint density at radius 3 is 2.42 bits per heavy atom. The Hall–Kier alpha value is -1.22. The predicted molar refractivity (Wildman–Crippen MR) is 77.4 cm³/mol. The standard InChI is InChI=1S/C15H21ClO3/c1-9(2)11-6-10(7-12(16)14(11)19-5)15(3,4)8-13(17)18/h6-7,9H,8H2,1-5H3,(H,17,18). The average Bonchev–Trinajstić information content (AvgIpc) is 2.25. The van der Waals surface area contributed by atoms with Gasteiger partial charge in [0.1, 0.15) is 5.75 Å². The second-order valence-corrected chi connectivity index (χ2v) is 6.10. The number of carboxylic acids is 1. The highest BCUT2D eigenvalue weighted by atomic mass is 35.5. The van der Waals surface area contributed by atoms with Crippen LogP contribution in [0.3, 0.4) is 0 Å². The first-order valence-electron chi connectivity index (χ1n) is 6.28. The van der Waals surface area contributed by atoms with E-state index < -0.39 is 11.4 Å². The maximum Gasteiger partial charge on any atom is 0.304 e. The number of rotatable bonds is 5. The molecule has 0 bridgehead atoms. The lowest BCUT2D eigenvalue weighted by Gasteiger charge is -2.26. The van der Waals surface area contributed by atoms with E-state index in [2.05, 4.69) is 13.8 Å². The van der Waals surface area contributed by atoms with Gasteiger partial charge in [0.25, 0.3) is 0 Å². The van der Waals surface area contributed by atoms with Crippen LogP contribution in [0.2, 0.25) is 5.02 Å². The van der Waals surface area contributed by atoms with Gasteiger partial charge in [0.15, 0.2) is 0 Å². The van der Waals surface area contributed by atoms with Crippen LogP contribution in [-0.2, 0) is 10.2 Å². The van der Waals surface area contributed by atoms with Crippen LogP contribution in [0.15, 0.2) is 12.1 Å². The van der Waals surface area contributed by atoms with Crippen LogP contribution >= 0.6 is 11.6 Å². The first-order chi connectivity index (χ1) is 8.69. The van der Waals surface area contributed by atoms with Crippen molar-refractivity contribution in [1.82, 2.24) is 0 Å². The van der Waals surface area contributed by atoms with Crippen LogP contribution in [0.5, 0.6) is 5.75 Å². The van der Waals surface area contributed by atoms with Gasteiger partial charge in [-0.05, 0) is 23.1 Å². The molecule has 0 saturated heterocycles.